The second-order valence-corrected chi connectivity index (χ2v) is 4.79. The fourth-order valence-corrected chi connectivity index (χ4v) is 2.06. The number of halogens is 1. The average Bonchev–Trinajstić information content (AvgIpc) is 2.79. The summed E-state index contributed by atoms with van der Waals surface area (Å²) in [5.41, 5.74) is 2.20. The van der Waals surface area contributed by atoms with Crippen molar-refractivity contribution in [2.45, 2.75) is 13.3 Å². The third kappa shape index (κ3) is 3.05. The van der Waals surface area contributed by atoms with Gasteiger partial charge in [-0.3, -0.25) is 4.79 Å². The number of nitrogens with one attached hydrogen (secondary N) is 1. The third-order valence-corrected chi connectivity index (χ3v) is 2.99. The number of anilines is 1. The maximum Gasteiger partial charge on any atom is 0.231 e. The van der Waals surface area contributed by atoms with Crippen LogP contribution in [0.25, 0.3) is 5.65 Å². The van der Waals surface area contributed by atoms with Gasteiger partial charge in [-0.1, -0.05) is 0 Å². The van der Waals surface area contributed by atoms with E-state index in [1.165, 1.54) is 12.3 Å². The van der Waals surface area contributed by atoms with Crippen LogP contribution in [0.15, 0.2) is 42.9 Å². The minimum Gasteiger partial charge on any atom is -0.310 e. The van der Waals surface area contributed by atoms with Crippen LogP contribution in [0.5, 0.6) is 0 Å². The summed E-state index contributed by atoms with van der Waals surface area (Å²) in [6.45, 7) is 1.92. The van der Waals surface area contributed by atoms with Crippen LogP contribution in [0.2, 0.25) is 0 Å². The van der Waals surface area contributed by atoms with Gasteiger partial charge in [0, 0.05) is 18.6 Å². The predicted molar refractivity (Wildman–Crippen MR) is 76.5 cm³/mol. The SMILES string of the molecule is Cc1ccnc(NC(=O)Cc2cn3cc(F)ccc3n2)c1. The van der Waals surface area contributed by atoms with E-state index in [0.717, 1.165) is 5.56 Å². The molecule has 21 heavy (non-hydrogen) atoms. The maximum atomic E-state index is 13.1. The number of hydrogen-bond acceptors (Lipinski definition) is 3. The Bertz CT molecular complexity index is 812. The molecule has 3 heterocycles. The first kappa shape index (κ1) is 13.2. The molecule has 0 atom stereocenters. The van der Waals surface area contributed by atoms with Gasteiger partial charge in [0.15, 0.2) is 0 Å². The Kier molecular flexibility index (Phi) is 3.35. The Labute approximate surface area is 120 Å². The first-order chi connectivity index (χ1) is 10.1. The van der Waals surface area contributed by atoms with E-state index in [1.807, 2.05) is 13.0 Å². The highest BCUT2D eigenvalue weighted by molar-refractivity contribution is 5.91. The first-order valence-electron chi connectivity index (χ1n) is 6.46. The molecule has 0 unspecified atom stereocenters. The molecule has 0 bridgehead atoms. The number of carbonyl (C=O) groups is 1. The topological polar surface area (TPSA) is 59.3 Å². The number of carbonyl (C=O) groups excluding carboxylic acids is 1. The summed E-state index contributed by atoms with van der Waals surface area (Å²) in [5.74, 6) is -0.0494. The number of aromatic nitrogens is 3. The minimum absolute atomic E-state index is 0.110. The number of imidazole rings is 1. The van der Waals surface area contributed by atoms with E-state index in [0.29, 0.717) is 17.2 Å². The summed E-state index contributed by atoms with van der Waals surface area (Å²) in [7, 11) is 0. The third-order valence-electron chi connectivity index (χ3n) is 2.99. The van der Waals surface area contributed by atoms with Crippen molar-refractivity contribution in [3.05, 3.63) is 59.9 Å². The minimum atomic E-state index is -0.347. The lowest BCUT2D eigenvalue weighted by molar-refractivity contribution is -0.115. The van der Waals surface area contributed by atoms with Gasteiger partial charge in [0.25, 0.3) is 0 Å². The monoisotopic (exact) mass is 284 g/mol. The van der Waals surface area contributed by atoms with Gasteiger partial charge in [-0.05, 0) is 36.8 Å². The molecule has 1 N–H and O–H groups in total. The van der Waals surface area contributed by atoms with Crippen molar-refractivity contribution in [3.8, 4) is 0 Å². The van der Waals surface area contributed by atoms with Gasteiger partial charge in [0.05, 0.1) is 12.1 Å². The molecule has 0 saturated carbocycles. The van der Waals surface area contributed by atoms with Crippen molar-refractivity contribution < 1.29 is 9.18 Å². The molecule has 0 aliphatic rings. The summed E-state index contributed by atoms with van der Waals surface area (Å²) < 4.78 is 14.7. The molecule has 0 fully saturated rings. The fraction of sp³-hybridized carbons (Fsp3) is 0.133. The summed E-state index contributed by atoms with van der Waals surface area (Å²) in [6, 6.07) is 6.55. The second-order valence-electron chi connectivity index (χ2n) is 4.79. The van der Waals surface area contributed by atoms with Crippen LogP contribution in [0.4, 0.5) is 10.2 Å². The number of rotatable bonds is 3. The number of amides is 1. The van der Waals surface area contributed by atoms with Crippen molar-refractivity contribution >= 4 is 17.4 Å². The Hall–Kier alpha value is -2.76. The molecular weight excluding hydrogens is 271 g/mol. The molecule has 5 nitrogen and oxygen atoms in total. The van der Waals surface area contributed by atoms with Crippen LogP contribution in [-0.2, 0) is 11.2 Å². The van der Waals surface area contributed by atoms with E-state index in [4.69, 9.17) is 0 Å². The lowest BCUT2D eigenvalue weighted by Gasteiger charge is -2.03. The molecule has 0 saturated heterocycles. The van der Waals surface area contributed by atoms with E-state index >= 15 is 0 Å². The zero-order chi connectivity index (χ0) is 14.8. The van der Waals surface area contributed by atoms with Crippen LogP contribution < -0.4 is 5.32 Å². The molecule has 0 radical (unpaired) electrons. The quantitative estimate of drug-likeness (QED) is 0.803. The number of nitrogens with zero attached hydrogens (tertiary/aromatic N) is 3. The zero-order valence-electron chi connectivity index (χ0n) is 11.4. The van der Waals surface area contributed by atoms with Crippen molar-refractivity contribution in [1.29, 1.82) is 0 Å². The fourth-order valence-electron chi connectivity index (χ4n) is 2.06. The van der Waals surface area contributed by atoms with Gasteiger partial charge in [-0.15, -0.1) is 0 Å². The van der Waals surface area contributed by atoms with Crippen LogP contribution in [0.1, 0.15) is 11.3 Å². The summed E-state index contributed by atoms with van der Waals surface area (Å²) >= 11 is 0. The van der Waals surface area contributed by atoms with Crippen molar-refractivity contribution in [2.24, 2.45) is 0 Å². The van der Waals surface area contributed by atoms with Crippen LogP contribution in [0.3, 0.4) is 0 Å². The summed E-state index contributed by atoms with van der Waals surface area (Å²) in [4.78, 5) is 20.3. The normalized spacial score (nSPS) is 10.8. The van der Waals surface area contributed by atoms with Crippen molar-refractivity contribution in [2.75, 3.05) is 5.32 Å². The van der Waals surface area contributed by atoms with Gasteiger partial charge < -0.3 is 9.72 Å². The van der Waals surface area contributed by atoms with E-state index in [-0.39, 0.29) is 18.1 Å². The van der Waals surface area contributed by atoms with Crippen LogP contribution in [-0.4, -0.2) is 20.3 Å². The Morgan fingerprint density at radius 3 is 3.00 bits per heavy atom. The molecule has 3 rings (SSSR count). The number of aryl methyl sites for hydroxylation is 1. The molecule has 0 aliphatic carbocycles. The molecule has 0 aliphatic heterocycles. The summed E-state index contributed by atoms with van der Waals surface area (Å²) in [5, 5.41) is 2.71. The lowest BCUT2D eigenvalue weighted by Crippen LogP contribution is -2.15. The molecular formula is C15H13FN4O. The predicted octanol–water partition coefficient (Wildman–Crippen LogP) is 2.36. The molecule has 6 heteroatoms. The molecule has 1 amide bonds. The van der Waals surface area contributed by atoms with E-state index in [9.17, 15) is 9.18 Å². The molecule has 106 valence electrons. The second kappa shape index (κ2) is 5.32. The van der Waals surface area contributed by atoms with Gasteiger partial charge in [-0.2, -0.15) is 0 Å². The van der Waals surface area contributed by atoms with Gasteiger partial charge in [-0.25, -0.2) is 14.4 Å². The van der Waals surface area contributed by atoms with E-state index in [2.05, 4.69) is 15.3 Å². The number of fused-ring (bicyclic) bond motifs is 1. The van der Waals surface area contributed by atoms with Gasteiger partial charge >= 0.3 is 0 Å². The Morgan fingerprint density at radius 1 is 1.33 bits per heavy atom. The van der Waals surface area contributed by atoms with Crippen molar-refractivity contribution in [1.82, 2.24) is 14.4 Å². The van der Waals surface area contributed by atoms with E-state index < -0.39 is 0 Å². The lowest BCUT2D eigenvalue weighted by atomic mass is 10.3. The highest BCUT2D eigenvalue weighted by atomic mass is 19.1. The first-order valence-corrected chi connectivity index (χ1v) is 6.46. The molecule has 3 aromatic heterocycles. The molecule has 3 aromatic rings. The standard InChI is InChI=1S/C15H13FN4O/c1-10-4-5-17-13(6-10)19-15(21)7-12-9-20-8-11(16)2-3-14(20)18-12/h2-6,8-9H,7H2,1H3,(H,17,19,21). The molecule has 0 aromatic carbocycles. The van der Waals surface area contributed by atoms with E-state index in [1.54, 1.807) is 28.9 Å². The number of pyridine rings is 2. The number of hydrogen-bond donors (Lipinski definition) is 1. The van der Waals surface area contributed by atoms with Crippen LogP contribution in [0, 0.1) is 12.7 Å². The highest BCUT2D eigenvalue weighted by Crippen LogP contribution is 2.09. The zero-order valence-corrected chi connectivity index (χ0v) is 11.4. The van der Waals surface area contributed by atoms with Crippen LogP contribution >= 0.6 is 0 Å². The van der Waals surface area contributed by atoms with Gasteiger partial charge in [0.2, 0.25) is 5.91 Å². The van der Waals surface area contributed by atoms with Gasteiger partial charge in [0.1, 0.15) is 17.3 Å². The Morgan fingerprint density at radius 2 is 2.19 bits per heavy atom. The summed E-state index contributed by atoms with van der Waals surface area (Å²) in [6.07, 6.45) is 4.71. The Balaban J connectivity index is 1.74. The molecule has 0 spiro atoms. The van der Waals surface area contributed by atoms with Crippen molar-refractivity contribution in [3.63, 3.8) is 0 Å². The highest BCUT2D eigenvalue weighted by Gasteiger charge is 2.09. The smallest absolute Gasteiger partial charge is 0.231 e. The largest absolute Gasteiger partial charge is 0.310 e. The maximum absolute atomic E-state index is 13.1. The average molecular weight is 284 g/mol.